The number of amides is 1. The lowest BCUT2D eigenvalue weighted by Gasteiger charge is -2.30. The van der Waals surface area contributed by atoms with E-state index in [-0.39, 0.29) is 19.1 Å². The molecule has 0 saturated carbocycles. The largest absolute Gasteiger partial charge is 0.756 e. The van der Waals surface area contributed by atoms with E-state index in [2.05, 4.69) is 79.9 Å². The van der Waals surface area contributed by atoms with Gasteiger partial charge < -0.3 is 28.8 Å². The van der Waals surface area contributed by atoms with Gasteiger partial charge in [0.05, 0.1) is 39.9 Å². The van der Waals surface area contributed by atoms with Crippen molar-refractivity contribution in [3.05, 3.63) is 60.8 Å². The first kappa shape index (κ1) is 68.2. The number of rotatable bonds is 54. The zero-order valence-corrected chi connectivity index (χ0v) is 47.6. The Labute approximate surface area is 434 Å². The molecule has 8 nitrogen and oxygen atoms in total. The number of likely N-dealkylation sites (N-methyl/N-ethyl adjacent to an activating group) is 1. The first-order valence-electron chi connectivity index (χ1n) is 29.6. The highest BCUT2D eigenvalue weighted by molar-refractivity contribution is 7.45. The van der Waals surface area contributed by atoms with Crippen molar-refractivity contribution < 1.29 is 32.9 Å². The van der Waals surface area contributed by atoms with Crippen LogP contribution in [0.5, 0.6) is 0 Å². The number of hydrogen-bond acceptors (Lipinski definition) is 6. The molecule has 9 heteroatoms. The fraction of sp³-hybridized carbons (Fsp3) is 0.820. The van der Waals surface area contributed by atoms with Crippen LogP contribution in [0.4, 0.5) is 0 Å². The number of carbonyl (C=O) groups excluding carboxylic acids is 1. The van der Waals surface area contributed by atoms with Gasteiger partial charge in [-0.05, 0) is 57.8 Å². The predicted molar refractivity (Wildman–Crippen MR) is 302 cm³/mol. The van der Waals surface area contributed by atoms with E-state index in [0.29, 0.717) is 23.9 Å². The summed E-state index contributed by atoms with van der Waals surface area (Å²) in [7, 11) is 1.31. The van der Waals surface area contributed by atoms with Gasteiger partial charge in [0.2, 0.25) is 5.91 Å². The quantitative estimate of drug-likeness (QED) is 0.0272. The second-order valence-electron chi connectivity index (χ2n) is 21.3. The van der Waals surface area contributed by atoms with Crippen molar-refractivity contribution in [1.82, 2.24) is 5.32 Å². The van der Waals surface area contributed by atoms with Crippen LogP contribution in [0.1, 0.15) is 271 Å². The summed E-state index contributed by atoms with van der Waals surface area (Å²) in [4.78, 5) is 25.4. The topological polar surface area (TPSA) is 108 Å². The summed E-state index contributed by atoms with van der Waals surface area (Å²) in [5.74, 6) is -0.164. The zero-order chi connectivity index (χ0) is 51.3. The number of phosphoric acid groups is 1. The van der Waals surface area contributed by atoms with E-state index >= 15 is 0 Å². The van der Waals surface area contributed by atoms with Gasteiger partial charge in [0.1, 0.15) is 13.2 Å². The van der Waals surface area contributed by atoms with Gasteiger partial charge in [-0.1, -0.05) is 267 Å². The molecule has 3 atom stereocenters. The van der Waals surface area contributed by atoms with Gasteiger partial charge in [-0.15, -0.1) is 0 Å². The molecule has 70 heavy (non-hydrogen) atoms. The number of aliphatic hydroxyl groups is 1. The maximum Gasteiger partial charge on any atom is 0.268 e. The number of hydrogen-bond donors (Lipinski definition) is 2. The van der Waals surface area contributed by atoms with Gasteiger partial charge in [-0.3, -0.25) is 9.36 Å². The molecular weight excluding hydrogens is 888 g/mol. The number of unbranched alkanes of at least 4 members (excludes halogenated alkanes) is 31. The average molecular weight is 1000 g/mol. The van der Waals surface area contributed by atoms with Crippen molar-refractivity contribution in [3.63, 3.8) is 0 Å². The fourth-order valence-electron chi connectivity index (χ4n) is 8.66. The number of nitrogens with zero attached hydrogens (tertiary/aromatic N) is 1. The molecule has 0 rings (SSSR count). The molecule has 2 N–H and O–H groups in total. The Morgan fingerprint density at radius 1 is 0.514 bits per heavy atom. The molecule has 0 aromatic carbocycles. The molecule has 3 unspecified atom stereocenters. The molecule has 0 aliphatic carbocycles. The van der Waals surface area contributed by atoms with Crippen LogP contribution in [0.2, 0.25) is 0 Å². The smallest absolute Gasteiger partial charge is 0.268 e. The lowest BCUT2D eigenvalue weighted by Crippen LogP contribution is -2.46. The Bertz CT molecular complexity index is 1320. The van der Waals surface area contributed by atoms with Crippen molar-refractivity contribution in [2.24, 2.45) is 0 Å². The number of aliphatic hydroxyl groups excluding tert-OH is 1. The van der Waals surface area contributed by atoms with Crippen LogP contribution in [0.3, 0.4) is 0 Å². The second-order valence-corrected chi connectivity index (χ2v) is 22.7. The molecule has 0 aromatic heterocycles. The Balaban J connectivity index is 3.81. The highest BCUT2D eigenvalue weighted by Gasteiger charge is 2.24. The Kier molecular flexibility index (Phi) is 50.7. The second kappa shape index (κ2) is 52.1. The van der Waals surface area contributed by atoms with E-state index in [4.69, 9.17) is 9.05 Å². The Morgan fingerprint density at radius 2 is 0.871 bits per heavy atom. The summed E-state index contributed by atoms with van der Waals surface area (Å²) in [6, 6.07) is -0.797. The summed E-state index contributed by atoms with van der Waals surface area (Å²) in [5, 5.41) is 13.9. The number of allylic oxidation sites excluding steroid dienone is 10. The summed E-state index contributed by atoms with van der Waals surface area (Å²) >= 11 is 0. The van der Waals surface area contributed by atoms with Crippen LogP contribution >= 0.6 is 7.82 Å². The number of nitrogens with one attached hydrogen (secondary N) is 1. The van der Waals surface area contributed by atoms with Crippen LogP contribution in [0.15, 0.2) is 60.8 Å². The lowest BCUT2D eigenvalue weighted by molar-refractivity contribution is -0.870. The van der Waals surface area contributed by atoms with E-state index in [9.17, 15) is 19.4 Å². The van der Waals surface area contributed by atoms with Crippen molar-refractivity contribution in [2.75, 3.05) is 40.9 Å². The SMILES string of the molecule is CC/C=C\C/C=C\C/C=C\C/C=C\C/C=C\CCCCCCCCCCCCCCCCCCCCCCCCCC(=O)NC(COP(=O)([O-])OCC[N+](C)(C)C)C(O)CCCCCCCCCCC. The van der Waals surface area contributed by atoms with Crippen molar-refractivity contribution in [2.45, 2.75) is 283 Å². The lowest BCUT2D eigenvalue weighted by atomic mass is 10.0. The third kappa shape index (κ3) is 54.0. The highest BCUT2D eigenvalue weighted by atomic mass is 31.2. The third-order valence-electron chi connectivity index (χ3n) is 13.3. The summed E-state index contributed by atoms with van der Waals surface area (Å²) < 4.78 is 23.3. The van der Waals surface area contributed by atoms with Crippen LogP contribution in [0, 0.1) is 0 Å². The van der Waals surface area contributed by atoms with Gasteiger partial charge >= 0.3 is 0 Å². The van der Waals surface area contributed by atoms with Crippen LogP contribution in [-0.2, 0) is 18.4 Å². The molecule has 0 fully saturated rings. The molecule has 0 aliphatic heterocycles. The summed E-state index contributed by atoms with van der Waals surface area (Å²) in [6.07, 6.45) is 70.1. The van der Waals surface area contributed by atoms with Crippen molar-refractivity contribution >= 4 is 13.7 Å². The first-order valence-corrected chi connectivity index (χ1v) is 31.1. The maximum absolute atomic E-state index is 12.9. The average Bonchev–Trinajstić information content (AvgIpc) is 3.32. The normalized spacial score (nSPS) is 14.3. The van der Waals surface area contributed by atoms with E-state index in [1.54, 1.807) is 0 Å². The molecule has 0 saturated heterocycles. The Morgan fingerprint density at radius 3 is 1.27 bits per heavy atom. The third-order valence-corrected chi connectivity index (χ3v) is 14.2. The van der Waals surface area contributed by atoms with Crippen LogP contribution in [0.25, 0.3) is 0 Å². The minimum absolute atomic E-state index is 0.0128. The number of carbonyl (C=O) groups is 1. The van der Waals surface area contributed by atoms with Crippen molar-refractivity contribution in [3.8, 4) is 0 Å². The molecule has 0 aromatic rings. The van der Waals surface area contributed by atoms with Crippen LogP contribution in [-0.4, -0.2) is 68.5 Å². The van der Waals surface area contributed by atoms with E-state index < -0.39 is 20.0 Å². The molecule has 410 valence electrons. The minimum atomic E-state index is -4.56. The minimum Gasteiger partial charge on any atom is -0.756 e. The zero-order valence-electron chi connectivity index (χ0n) is 46.7. The monoisotopic (exact) mass is 1000 g/mol. The van der Waals surface area contributed by atoms with Gasteiger partial charge in [-0.2, -0.15) is 0 Å². The highest BCUT2D eigenvalue weighted by Crippen LogP contribution is 2.38. The molecule has 0 heterocycles. The summed E-state index contributed by atoms with van der Waals surface area (Å²) in [5.41, 5.74) is 0. The van der Waals surface area contributed by atoms with Gasteiger partial charge in [0, 0.05) is 6.42 Å². The fourth-order valence-corrected chi connectivity index (χ4v) is 9.38. The Hall–Kier alpha value is -1.80. The van der Waals surface area contributed by atoms with E-state index in [1.807, 2.05) is 21.1 Å². The predicted octanol–water partition coefficient (Wildman–Crippen LogP) is 17.5. The molecule has 0 aliphatic rings. The maximum atomic E-state index is 12.9. The van der Waals surface area contributed by atoms with E-state index in [0.717, 1.165) is 70.6 Å². The van der Waals surface area contributed by atoms with E-state index in [1.165, 1.54) is 173 Å². The molecule has 0 spiro atoms. The molecular formula is C61H115N2O6P. The van der Waals surface area contributed by atoms with Crippen molar-refractivity contribution in [1.29, 1.82) is 0 Å². The summed E-state index contributed by atoms with van der Waals surface area (Å²) in [6.45, 7) is 4.59. The number of phosphoric ester groups is 1. The van der Waals surface area contributed by atoms with Gasteiger partial charge in [-0.25, -0.2) is 0 Å². The molecule has 0 bridgehead atoms. The number of quaternary nitrogens is 1. The molecule has 1 amide bonds. The van der Waals surface area contributed by atoms with Gasteiger partial charge in [0.15, 0.2) is 0 Å². The first-order chi connectivity index (χ1) is 34.0. The molecule has 0 radical (unpaired) electrons. The van der Waals surface area contributed by atoms with Gasteiger partial charge in [0.25, 0.3) is 7.82 Å². The van der Waals surface area contributed by atoms with Crippen LogP contribution < -0.4 is 10.2 Å². The standard InChI is InChI=1S/C61H115N2O6P/c1-6-8-10-12-14-16-17-18-19-20-21-22-23-24-25-26-27-28-29-30-31-32-33-34-35-36-37-38-39-40-41-42-43-44-45-47-49-51-53-55-61(65)62-59(58-69-70(66,67)68-57-56-63(3,4)5)60(64)54-52-50-48-46-15-13-11-9-7-2/h8,10,14,16,18-19,21-22,24-25,59-60,64H,6-7,9,11-13,15,17,20,23,26-58H2,1-5H3,(H-,62,65,66,67)/b10-8-,16-14-,19-18-,22-21-,25-24-.